The van der Waals surface area contributed by atoms with E-state index >= 15 is 0 Å². The monoisotopic (exact) mass is 332 g/mol. The van der Waals surface area contributed by atoms with Crippen molar-refractivity contribution in [3.63, 3.8) is 0 Å². The summed E-state index contributed by atoms with van der Waals surface area (Å²) in [5, 5.41) is 2.68. The number of hydrogen-bond acceptors (Lipinski definition) is 0. The Morgan fingerprint density at radius 1 is 0.700 bits per heavy atom. The standard InChI is InChI=1S/C19H25Br/c1-12-8-13(18(2,3)4)10-16-15(12)9-14(11-17(16)20)19(5,6)7/h8-11H,1-7H3. The summed E-state index contributed by atoms with van der Waals surface area (Å²) in [6.45, 7) is 15.8. The minimum atomic E-state index is 0.172. The lowest BCUT2D eigenvalue weighted by molar-refractivity contribution is 0.588. The van der Waals surface area contributed by atoms with Crippen molar-refractivity contribution < 1.29 is 0 Å². The molecule has 108 valence electrons. The quantitative estimate of drug-likeness (QED) is 0.516. The van der Waals surface area contributed by atoms with Gasteiger partial charge in [0.05, 0.1) is 0 Å². The normalized spacial score (nSPS) is 13.0. The molecule has 0 spiro atoms. The zero-order chi connectivity index (χ0) is 15.3. The fraction of sp³-hybridized carbons (Fsp3) is 0.474. The van der Waals surface area contributed by atoms with E-state index in [9.17, 15) is 0 Å². The summed E-state index contributed by atoms with van der Waals surface area (Å²) < 4.78 is 1.20. The van der Waals surface area contributed by atoms with Crippen LogP contribution < -0.4 is 0 Å². The lowest BCUT2D eigenvalue weighted by Gasteiger charge is -2.24. The van der Waals surface area contributed by atoms with Crippen LogP contribution in [0.4, 0.5) is 0 Å². The summed E-state index contributed by atoms with van der Waals surface area (Å²) in [7, 11) is 0. The Morgan fingerprint density at radius 3 is 1.65 bits per heavy atom. The van der Waals surface area contributed by atoms with Crippen LogP contribution in [-0.2, 0) is 10.8 Å². The van der Waals surface area contributed by atoms with Crippen molar-refractivity contribution in [3.05, 3.63) is 45.4 Å². The average Bonchev–Trinajstić information content (AvgIpc) is 2.27. The summed E-state index contributed by atoms with van der Waals surface area (Å²) in [5.41, 5.74) is 4.49. The Balaban J connectivity index is 2.79. The van der Waals surface area contributed by atoms with Crippen LogP contribution >= 0.6 is 15.9 Å². The number of hydrogen-bond donors (Lipinski definition) is 0. The molecule has 0 fully saturated rings. The van der Waals surface area contributed by atoms with Crippen LogP contribution in [0.15, 0.2) is 28.7 Å². The van der Waals surface area contributed by atoms with E-state index < -0.39 is 0 Å². The predicted molar refractivity (Wildman–Crippen MR) is 93.8 cm³/mol. The van der Waals surface area contributed by atoms with Crippen LogP contribution in [0.2, 0.25) is 0 Å². The number of rotatable bonds is 0. The first kappa shape index (κ1) is 15.6. The molecule has 0 aliphatic rings. The Labute approximate surface area is 131 Å². The molecule has 0 unspecified atom stereocenters. The molecule has 2 aromatic carbocycles. The largest absolute Gasteiger partial charge is 0.0561 e. The molecule has 0 heterocycles. The molecule has 0 aliphatic carbocycles. The second-order valence-electron chi connectivity index (χ2n) is 7.85. The number of aryl methyl sites for hydroxylation is 1. The van der Waals surface area contributed by atoms with Crippen molar-refractivity contribution in [1.29, 1.82) is 0 Å². The maximum Gasteiger partial charge on any atom is 0.0256 e. The molecule has 0 bridgehead atoms. The first-order valence-corrected chi connectivity index (χ1v) is 8.04. The highest BCUT2D eigenvalue weighted by Crippen LogP contribution is 2.36. The zero-order valence-electron chi connectivity index (χ0n) is 13.7. The van der Waals surface area contributed by atoms with Gasteiger partial charge < -0.3 is 0 Å². The van der Waals surface area contributed by atoms with Crippen LogP contribution in [-0.4, -0.2) is 0 Å². The lowest BCUT2D eigenvalue weighted by Crippen LogP contribution is -2.13. The van der Waals surface area contributed by atoms with E-state index in [2.05, 4.69) is 88.7 Å². The Morgan fingerprint density at radius 2 is 1.15 bits per heavy atom. The van der Waals surface area contributed by atoms with E-state index in [1.165, 1.54) is 31.9 Å². The third kappa shape index (κ3) is 2.93. The van der Waals surface area contributed by atoms with Gasteiger partial charge in [-0.2, -0.15) is 0 Å². The average molecular weight is 333 g/mol. The van der Waals surface area contributed by atoms with E-state index in [1.807, 2.05) is 0 Å². The van der Waals surface area contributed by atoms with E-state index in [-0.39, 0.29) is 10.8 Å². The van der Waals surface area contributed by atoms with Gasteiger partial charge in [0.25, 0.3) is 0 Å². The Kier molecular flexibility index (Phi) is 3.79. The van der Waals surface area contributed by atoms with Crippen molar-refractivity contribution in [1.82, 2.24) is 0 Å². The SMILES string of the molecule is Cc1cc(C(C)(C)C)cc2c(Br)cc(C(C)(C)C)cc12. The molecule has 2 aromatic rings. The second kappa shape index (κ2) is 4.87. The Bertz CT molecular complexity index is 593. The van der Waals surface area contributed by atoms with Gasteiger partial charge in [-0.05, 0) is 57.3 Å². The maximum atomic E-state index is 3.78. The molecule has 20 heavy (non-hydrogen) atoms. The van der Waals surface area contributed by atoms with Crippen LogP contribution in [0, 0.1) is 6.92 Å². The summed E-state index contributed by atoms with van der Waals surface area (Å²) in [6, 6.07) is 9.29. The van der Waals surface area contributed by atoms with E-state index in [4.69, 9.17) is 0 Å². The molecule has 0 radical (unpaired) electrons. The molecular formula is C19H25Br. The summed E-state index contributed by atoms with van der Waals surface area (Å²) >= 11 is 3.78. The van der Waals surface area contributed by atoms with Gasteiger partial charge in [-0.15, -0.1) is 0 Å². The molecule has 0 aromatic heterocycles. The van der Waals surface area contributed by atoms with Gasteiger partial charge in [0.1, 0.15) is 0 Å². The Hall–Kier alpha value is -0.820. The van der Waals surface area contributed by atoms with Crippen LogP contribution in [0.1, 0.15) is 58.2 Å². The minimum Gasteiger partial charge on any atom is -0.0561 e. The predicted octanol–water partition coefficient (Wildman–Crippen LogP) is 6.51. The van der Waals surface area contributed by atoms with E-state index in [0.717, 1.165) is 0 Å². The van der Waals surface area contributed by atoms with Crippen molar-refractivity contribution in [2.24, 2.45) is 0 Å². The van der Waals surface area contributed by atoms with Gasteiger partial charge in [-0.25, -0.2) is 0 Å². The second-order valence-corrected chi connectivity index (χ2v) is 8.70. The highest BCUT2D eigenvalue weighted by molar-refractivity contribution is 9.10. The van der Waals surface area contributed by atoms with Crippen molar-refractivity contribution in [2.45, 2.75) is 59.3 Å². The van der Waals surface area contributed by atoms with Gasteiger partial charge in [0.2, 0.25) is 0 Å². The molecule has 0 saturated heterocycles. The first-order valence-electron chi connectivity index (χ1n) is 7.25. The van der Waals surface area contributed by atoms with Crippen LogP contribution in [0.3, 0.4) is 0 Å². The fourth-order valence-corrected chi connectivity index (χ4v) is 3.04. The summed E-state index contributed by atoms with van der Waals surface area (Å²) in [6.07, 6.45) is 0. The summed E-state index contributed by atoms with van der Waals surface area (Å²) in [4.78, 5) is 0. The molecular weight excluding hydrogens is 308 g/mol. The van der Waals surface area contributed by atoms with E-state index in [0.29, 0.717) is 0 Å². The van der Waals surface area contributed by atoms with E-state index in [1.54, 1.807) is 0 Å². The smallest absolute Gasteiger partial charge is 0.0256 e. The van der Waals surface area contributed by atoms with Crippen molar-refractivity contribution in [2.75, 3.05) is 0 Å². The van der Waals surface area contributed by atoms with Gasteiger partial charge in [-0.1, -0.05) is 69.6 Å². The summed E-state index contributed by atoms with van der Waals surface area (Å²) in [5.74, 6) is 0. The molecule has 0 aliphatic heterocycles. The van der Waals surface area contributed by atoms with Gasteiger partial charge in [0, 0.05) is 4.47 Å². The van der Waals surface area contributed by atoms with Crippen molar-refractivity contribution in [3.8, 4) is 0 Å². The van der Waals surface area contributed by atoms with Crippen molar-refractivity contribution >= 4 is 26.7 Å². The minimum absolute atomic E-state index is 0.172. The van der Waals surface area contributed by atoms with Gasteiger partial charge in [-0.3, -0.25) is 0 Å². The van der Waals surface area contributed by atoms with Crippen LogP contribution in [0.5, 0.6) is 0 Å². The molecule has 0 nitrogen and oxygen atoms in total. The molecule has 0 atom stereocenters. The van der Waals surface area contributed by atoms with Gasteiger partial charge >= 0.3 is 0 Å². The first-order chi connectivity index (χ1) is 9.00. The molecule has 0 N–H and O–H groups in total. The zero-order valence-corrected chi connectivity index (χ0v) is 15.3. The van der Waals surface area contributed by atoms with Crippen LogP contribution in [0.25, 0.3) is 10.8 Å². The molecule has 1 heteroatoms. The third-order valence-electron chi connectivity index (χ3n) is 3.96. The maximum absolute atomic E-state index is 3.78. The molecule has 0 amide bonds. The molecule has 2 rings (SSSR count). The topological polar surface area (TPSA) is 0 Å². The van der Waals surface area contributed by atoms with Gasteiger partial charge in [0.15, 0.2) is 0 Å². The fourth-order valence-electron chi connectivity index (χ4n) is 2.46. The highest BCUT2D eigenvalue weighted by atomic mass is 79.9. The highest BCUT2D eigenvalue weighted by Gasteiger charge is 2.19. The number of fused-ring (bicyclic) bond motifs is 1. The lowest BCUT2D eigenvalue weighted by atomic mass is 9.82. The third-order valence-corrected chi connectivity index (χ3v) is 4.61. The molecule has 0 saturated carbocycles. The number of benzene rings is 2. The number of halogens is 1.